The average Bonchev–Trinajstić information content (AvgIpc) is 2.32. The highest BCUT2D eigenvalue weighted by atomic mass is 79.9. The van der Waals surface area contributed by atoms with E-state index in [2.05, 4.69) is 26.2 Å². The SMILES string of the molecule is O=C(Nc1ncccc1Br)c1cccc(O)c1. The molecule has 0 fully saturated rings. The Morgan fingerprint density at radius 2 is 2.12 bits per heavy atom. The van der Waals surface area contributed by atoms with Crippen LogP contribution in [0.25, 0.3) is 0 Å². The summed E-state index contributed by atoms with van der Waals surface area (Å²) in [4.78, 5) is 15.9. The predicted molar refractivity (Wildman–Crippen MR) is 68.0 cm³/mol. The van der Waals surface area contributed by atoms with Crippen LogP contribution in [0.15, 0.2) is 47.1 Å². The number of halogens is 1. The van der Waals surface area contributed by atoms with Crippen molar-refractivity contribution < 1.29 is 9.90 Å². The van der Waals surface area contributed by atoms with Crippen molar-refractivity contribution in [3.63, 3.8) is 0 Å². The summed E-state index contributed by atoms with van der Waals surface area (Å²) in [5, 5.41) is 11.9. The summed E-state index contributed by atoms with van der Waals surface area (Å²) in [6.07, 6.45) is 1.59. The summed E-state index contributed by atoms with van der Waals surface area (Å²) in [7, 11) is 0. The van der Waals surface area contributed by atoms with E-state index in [-0.39, 0.29) is 11.7 Å². The number of rotatable bonds is 2. The van der Waals surface area contributed by atoms with E-state index in [1.807, 2.05) is 0 Å². The van der Waals surface area contributed by atoms with Crippen LogP contribution in [-0.2, 0) is 0 Å². The molecule has 5 heteroatoms. The van der Waals surface area contributed by atoms with Gasteiger partial charge in [-0.2, -0.15) is 0 Å². The maximum absolute atomic E-state index is 11.8. The van der Waals surface area contributed by atoms with Gasteiger partial charge in [-0.1, -0.05) is 6.07 Å². The molecule has 2 rings (SSSR count). The molecule has 0 aliphatic rings. The summed E-state index contributed by atoms with van der Waals surface area (Å²) in [6.45, 7) is 0. The highest BCUT2D eigenvalue weighted by Gasteiger charge is 2.09. The molecule has 1 heterocycles. The van der Waals surface area contributed by atoms with Crippen LogP contribution in [0.5, 0.6) is 5.75 Å². The largest absolute Gasteiger partial charge is 0.508 e. The van der Waals surface area contributed by atoms with Crippen molar-refractivity contribution in [2.24, 2.45) is 0 Å². The molecule has 0 bridgehead atoms. The Labute approximate surface area is 106 Å². The molecule has 2 N–H and O–H groups in total. The third-order valence-electron chi connectivity index (χ3n) is 2.10. The van der Waals surface area contributed by atoms with Crippen LogP contribution in [0.4, 0.5) is 5.82 Å². The van der Waals surface area contributed by atoms with E-state index in [1.54, 1.807) is 30.5 Å². The van der Waals surface area contributed by atoms with Gasteiger partial charge in [-0.3, -0.25) is 4.79 Å². The van der Waals surface area contributed by atoms with Crippen LogP contribution >= 0.6 is 15.9 Å². The molecule has 1 aromatic carbocycles. The molecule has 0 aliphatic heterocycles. The fourth-order valence-electron chi connectivity index (χ4n) is 1.30. The maximum Gasteiger partial charge on any atom is 0.256 e. The number of nitrogens with one attached hydrogen (secondary N) is 1. The normalized spacial score (nSPS) is 9.94. The van der Waals surface area contributed by atoms with Crippen LogP contribution < -0.4 is 5.32 Å². The van der Waals surface area contributed by atoms with E-state index in [9.17, 15) is 9.90 Å². The Balaban J connectivity index is 2.20. The van der Waals surface area contributed by atoms with E-state index >= 15 is 0 Å². The van der Waals surface area contributed by atoms with Crippen molar-refractivity contribution in [3.05, 3.63) is 52.6 Å². The summed E-state index contributed by atoms with van der Waals surface area (Å²) >= 11 is 3.29. The maximum atomic E-state index is 11.8. The molecule has 0 spiro atoms. The second-order valence-corrected chi connectivity index (χ2v) is 4.19. The van der Waals surface area contributed by atoms with Crippen LogP contribution in [0.1, 0.15) is 10.4 Å². The van der Waals surface area contributed by atoms with Gasteiger partial charge in [0.25, 0.3) is 5.91 Å². The van der Waals surface area contributed by atoms with Crippen molar-refractivity contribution in [1.82, 2.24) is 4.98 Å². The zero-order valence-corrected chi connectivity index (χ0v) is 10.3. The minimum atomic E-state index is -0.319. The Hall–Kier alpha value is -1.88. The van der Waals surface area contributed by atoms with Gasteiger partial charge in [0, 0.05) is 11.8 Å². The third kappa shape index (κ3) is 2.82. The lowest BCUT2D eigenvalue weighted by molar-refractivity contribution is 0.102. The lowest BCUT2D eigenvalue weighted by Crippen LogP contribution is -2.13. The minimum Gasteiger partial charge on any atom is -0.508 e. The first-order valence-corrected chi connectivity index (χ1v) is 5.67. The van der Waals surface area contributed by atoms with Gasteiger partial charge < -0.3 is 10.4 Å². The fourth-order valence-corrected chi connectivity index (χ4v) is 1.66. The summed E-state index contributed by atoms with van der Waals surface area (Å²) in [5.74, 6) is 0.180. The molecule has 0 atom stereocenters. The Kier molecular flexibility index (Phi) is 3.39. The molecular formula is C12H9BrN2O2. The number of carbonyl (C=O) groups is 1. The number of phenols is 1. The van der Waals surface area contributed by atoms with Crippen molar-refractivity contribution in [1.29, 1.82) is 0 Å². The first-order valence-electron chi connectivity index (χ1n) is 4.88. The Morgan fingerprint density at radius 1 is 1.29 bits per heavy atom. The molecule has 0 aliphatic carbocycles. The molecule has 4 nitrogen and oxygen atoms in total. The number of nitrogens with zero attached hydrogens (tertiary/aromatic N) is 1. The highest BCUT2D eigenvalue weighted by Crippen LogP contribution is 2.19. The van der Waals surface area contributed by atoms with Crippen molar-refractivity contribution in [2.45, 2.75) is 0 Å². The molecular weight excluding hydrogens is 284 g/mol. The minimum absolute atomic E-state index is 0.0535. The number of benzene rings is 1. The zero-order chi connectivity index (χ0) is 12.3. The summed E-state index contributed by atoms with van der Waals surface area (Å²) in [5.41, 5.74) is 0.377. The fraction of sp³-hybridized carbons (Fsp3) is 0. The standard InChI is InChI=1S/C12H9BrN2O2/c13-10-5-2-6-14-11(10)15-12(17)8-3-1-4-9(16)7-8/h1-7,16H,(H,14,15,17). The topological polar surface area (TPSA) is 62.2 Å². The number of phenolic OH excluding ortho intramolecular Hbond substituents is 1. The smallest absolute Gasteiger partial charge is 0.256 e. The summed E-state index contributed by atoms with van der Waals surface area (Å²) in [6, 6.07) is 9.67. The number of aromatic hydroxyl groups is 1. The van der Waals surface area contributed by atoms with E-state index in [1.165, 1.54) is 12.1 Å². The van der Waals surface area contributed by atoms with Crippen LogP contribution in [-0.4, -0.2) is 16.0 Å². The van der Waals surface area contributed by atoms with Gasteiger partial charge in [-0.05, 0) is 46.3 Å². The molecule has 17 heavy (non-hydrogen) atoms. The molecule has 0 saturated heterocycles. The van der Waals surface area contributed by atoms with Crippen molar-refractivity contribution in [3.8, 4) is 5.75 Å². The summed E-state index contributed by atoms with van der Waals surface area (Å²) < 4.78 is 0.702. The van der Waals surface area contributed by atoms with Crippen molar-refractivity contribution >= 4 is 27.7 Å². The molecule has 1 amide bonds. The molecule has 2 aromatic rings. The van der Waals surface area contributed by atoms with E-state index in [0.717, 1.165) is 0 Å². The molecule has 0 unspecified atom stereocenters. The first-order chi connectivity index (χ1) is 8.16. The molecule has 86 valence electrons. The number of hydrogen-bond donors (Lipinski definition) is 2. The van der Waals surface area contributed by atoms with Crippen LogP contribution in [0.2, 0.25) is 0 Å². The predicted octanol–water partition coefficient (Wildman–Crippen LogP) is 2.80. The highest BCUT2D eigenvalue weighted by molar-refractivity contribution is 9.10. The van der Waals surface area contributed by atoms with Crippen molar-refractivity contribution in [2.75, 3.05) is 5.32 Å². The monoisotopic (exact) mass is 292 g/mol. The Bertz CT molecular complexity index is 558. The van der Waals surface area contributed by atoms with E-state index in [4.69, 9.17) is 0 Å². The van der Waals surface area contributed by atoms with Gasteiger partial charge >= 0.3 is 0 Å². The molecule has 0 radical (unpaired) electrons. The van der Waals surface area contributed by atoms with Gasteiger partial charge in [0.2, 0.25) is 0 Å². The Morgan fingerprint density at radius 3 is 2.82 bits per heavy atom. The number of aromatic nitrogens is 1. The van der Waals surface area contributed by atoms with Gasteiger partial charge in [0.05, 0.1) is 4.47 Å². The van der Waals surface area contributed by atoms with Crippen LogP contribution in [0, 0.1) is 0 Å². The average molecular weight is 293 g/mol. The number of carbonyl (C=O) groups excluding carboxylic acids is 1. The first kappa shape index (κ1) is 11.6. The van der Waals surface area contributed by atoms with Gasteiger partial charge in [-0.25, -0.2) is 4.98 Å². The lowest BCUT2D eigenvalue weighted by Gasteiger charge is -2.06. The van der Waals surface area contributed by atoms with Gasteiger partial charge in [0.1, 0.15) is 11.6 Å². The van der Waals surface area contributed by atoms with E-state index < -0.39 is 0 Å². The second-order valence-electron chi connectivity index (χ2n) is 3.34. The number of hydrogen-bond acceptors (Lipinski definition) is 3. The lowest BCUT2D eigenvalue weighted by atomic mass is 10.2. The second kappa shape index (κ2) is 4.97. The van der Waals surface area contributed by atoms with Gasteiger partial charge in [-0.15, -0.1) is 0 Å². The number of anilines is 1. The third-order valence-corrected chi connectivity index (χ3v) is 2.74. The van der Waals surface area contributed by atoms with Crippen LogP contribution in [0.3, 0.4) is 0 Å². The number of pyridine rings is 1. The quantitative estimate of drug-likeness (QED) is 0.895. The van der Waals surface area contributed by atoms with E-state index in [0.29, 0.717) is 15.9 Å². The number of amides is 1. The van der Waals surface area contributed by atoms with Gasteiger partial charge in [0.15, 0.2) is 0 Å². The zero-order valence-electron chi connectivity index (χ0n) is 8.72. The molecule has 0 saturated carbocycles. The molecule has 1 aromatic heterocycles.